The molecule has 0 heterocycles. The molecule has 1 heteroatoms. The van der Waals surface area contributed by atoms with Gasteiger partial charge in [0, 0.05) is 5.39 Å². The molecule has 1 nitrogen and oxygen atoms in total. The average Bonchev–Trinajstić information content (AvgIpc) is 3.10. The summed E-state index contributed by atoms with van der Waals surface area (Å²) in [5.74, 6) is 1.68. The zero-order chi connectivity index (χ0) is 32.3. The van der Waals surface area contributed by atoms with E-state index in [9.17, 15) is 0 Å². The second-order valence-corrected chi connectivity index (χ2v) is 14.2. The lowest BCUT2D eigenvalue weighted by Crippen LogP contribution is -2.13. The standard InChI is InChI=1S/C46H56O/c1-3-5-7-9-11-12-14-16-21-35(20-15-13-10-8-6-4-2)34-47-46-25-19-24-38-32-44-40(33-45(38)46)27-29-41-42(44)28-26-39-30-36-22-17-18-23-37(36)31-43(39)41/h17-19,22-33,35H,3-16,20-21,34H2,1-2H3. The van der Waals surface area contributed by atoms with Crippen molar-refractivity contribution in [1.29, 1.82) is 0 Å². The quantitative estimate of drug-likeness (QED) is 0.0495. The van der Waals surface area contributed by atoms with Gasteiger partial charge in [0.15, 0.2) is 0 Å². The highest BCUT2D eigenvalue weighted by Crippen LogP contribution is 2.37. The van der Waals surface area contributed by atoms with E-state index in [0.717, 1.165) is 12.4 Å². The van der Waals surface area contributed by atoms with Gasteiger partial charge in [0.05, 0.1) is 6.61 Å². The van der Waals surface area contributed by atoms with E-state index in [4.69, 9.17) is 4.74 Å². The van der Waals surface area contributed by atoms with Crippen molar-refractivity contribution in [3.05, 3.63) is 91.0 Å². The lowest BCUT2D eigenvalue weighted by molar-refractivity contribution is 0.226. The van der Waals surface area contributed by atoms with Crippen molar-refractivity contribution in [2.45, 2.75) is 117 Å². The first-order valence-corrected chi connectivity index (χ1v) is 19.1. The van der Waals surface area contributed by atoms with Gasteiger partial charge in [-0.2, -0.15) is 0 Å². The Balaban J connectivity index is 1.18. The van der Waals surface area contributed by atoms with Crippen molar-refractivity contribution in [3.8, 4) is 5.75 Å². The van der Waals surface area contributed by atoms with Gasteiger partial charge in [-0.15, -0.1) is 0 Å². The topological polar surface area (TPSA) is 9.23 Å². The second kappa shape index (κ2) is 17.0. The monoisotopic (exact) mass is 624 g/mol. The van der Waals surface area contributed by atoms with Crippen LogP contribution >= 0.6 is 0 Å². The number of benzene rings is 6. The lowest BCUT2D eigenvalue weighted by Gasteiger charge is -2.19. The fourth-order valence-electron chi connectivity index (χ4n) is 7.73. The Morgan fingerprint density at radius 2 is 0.872 bits per heavy atom. The maximum absolute atomic E-state index is 6.73. The van der Waals surface area contributed by atoms with Gasteiger partial charge >= 0.3 is 0 Å². The lowest BCUT2D eigenvalue weighted by atomic mass is 9.93. The number of rotatable bonds is 19. The molecule has 6 aromatic carbocycles. The Labute approximate surface area is 283 Å². The van der Waals surface area contributed by atoms with E-state index >= 15 is 0 Å². The van der Waals surface area contributed by atoms with Crippen LogP contribution in [0.3, 0.4) is 0 Å². The smallest absolute Gasteiger partial charge is 0.127 e. The van der Waals surface area contributed by atoms with E-state index in [1.54, 1.807) is 0 Å². The molecular weight excluding hydrogens is 569 g/mol. The van der Waals surface area contributed by atoms with Crippen molar-refractivity contribution in [2.75, 3.05) is 6.61 Å². The van der Waals surface area contributed by atoms with Crippen LogP contribution in [-0.4, -0.2) is 6.61 Å². The fourth-order valence-corrected chi connectivity index (χ4v) is 7.73. The van der Waals surface area contributed by atoms with E-state index in [-0.39, 0.29) is 0 Å². The normalized spacial score (nSPS) is 12.6. The summed E-state index contributed by atoms with van der Waals surface area (Å²) in [6.45, 7) is 5.44. The summed E-state index contributed by atoms with van der Waals surface area (Å²) in [7, 11) is 0. The van der Waals surface area contributed by atoms with Crippen LogP contribution in [0.4, 0.5) is 0 Å². The average molecular weight is 625 g/mol. The number of fused-ring (bicyclic) bond motifs is 7. The third-order valence-electron chi connectivity index (χ3n) is 10.6. The molecule has 0 aliphatic rings. The molecule has 0 saturated carbocycles. The van der Waals surface area contributed by atoms with Gasteiger partial charge in [0.1, 0.15) is 5.75 Å². The van der Waals surface area contributed by atoms with Crippen LogP contribution in [0.2, 0.25) is 0 Å². The van der Waals surface area contributed by atoms with Crippen LogP contribution in [0.1, 0.15) is 117 Å². The molecule has 0 radical (unpaired) electrons. The van der Waals surface area contributed by atoms with E-state index < -0.39 is 0 Å². The van der Waals surface area contributed by atoms with Crippen molar-refractivity contribution in [1.82, 2.24) is 0 Å². The third kappa shape index (κ3) is 8.48. The first kappa shape index (κ1) is 33.3. The fraction of sp³-hybridized carbons (Fsp3) is 0.435. The van der Waals surface area contributed by atoms with Crippen molar-refractivity contribution in [3.63, 3.8) is 0 Å². The first-order chi connectivity index (χ1) is 23.2. The molecule has 1 atom stereocenters. The largest absolute Gasteiger partial charge is 0.493 e. The molecule has 1 unspecified atom stereocenters. The summed E-state index contributed by atoms with van der Waals surface area (Å²) in [5.41, 5.74) is 0. The summed E-state index contributed by atoms with van der Waals surface area (Å²) in [6, 6.07) is 34.0. The molecular formula is C46H56O. The van der Waals surface area contributed by atoms with Crippen LogP contribution < -0.4 is 4.74 Å². The summed E-state index contributed by atoms with van der Waals surface area (Å²) in [4.78, 5) is 0. The minimum atomic E-state index is 0.644. The molecule has 0 aromatic heterocycles. The van der Waals surface area contributed by atoms with E-state index in [2.05, 4.69) is 105 Å². The molecule has 0 bridgehead atoms. The van der Waals surface area contributed by atoms with Gasteiger partial charge < -0.3 is 4.74 Å². The van der Waals surface area contributed by atoms with Crippen LogP contribution in [0.5, 0.6) is 5.75 Å². The number of hydrogen-bond acceptors (Lipinski definition) is 1. The molecule has 0 N–H and O–H groups in total. The number of ether oxygens (including phenoxy) is 1. The van der Waals surface area contributed by atoms with Crippen molar-refractivity contribution >= 4 is 53.9 Å². The predicted octanol–water partition coefficient (Wildman–Crippen LogP) is 14.7. The summed E-state index contributed by atoms with van der Waals surface area (Å²) < 4.78 is 6.73. The van der Waals surface area contributed by atoms with Crippen LogP contribution in [0.15, 0.2) is 91.0 Å². The molecule has 0 saturated heterocycles. The Bertz CT molecular complexity index is 1880. The van der Waals surface area contributed by atoms with Crippen molar-refractivity contribution in [2.24, 2.45) is 5.92 Å². The van der Waals surface area contributed by atoms with Gasteiger partial charge in [-0.25, -0.2) is 0 Å². The van der Waals surface area contributed by atoms with E-state index in [1.807, 2.05) is 0 Å². The summed E-state index contributed by atoms with van der Waals surface area (Å²) in [6.07, 6.45) is 21.9. The van der Waals surface area contributed by atoms with Gasteiger partial charge in [0.2, 0.25) is 0 Å². The zero-order valence-corrected chi connectivity index (χ0v) is 29.2. The Morgan fingerprint density at radius 1 is 0.404 bits per heavy atom. The highest BCUT2D eigenvalue weighted by Gasteiger charge is 2.13. The van der Waals surface area contributed by atoms with Gasteiger partial charge in [0.25, 0.3) is 0 Å². The minimum absolute atomic E-state index is 0.644. The molecule has 0 spiro atoms. The molecule has 6 rings (SSSR count). The third-order valence-corrected chi connectivity index (χ3v) is 10.6. The highest BCUT2D eigenvalue weighted by atomic mass is 16.5. The van der Waals surface area contributed by atoms with Crippen LogP contribution in [0, 0.1) is 5.92 Å². The molecule has 47 heavy (non-hydrogen) atoms. The van der Waals surface area contributed by atoms with E-state index in [0.29, 0.717) is 5.92 Å². The summed E-state index contributed by atoms with van der Waals surface area (Å²) >= 11 is 0. The molecule has 0 fully saturated rings. The SMILES string of the molecule is CCCCCCCCCCC(CCCCCCCC)COc1cccc2cc3c(ccc4c5cc6ccccc6cc5ccc34)cc12. The van der Waals surface area contributed by atoms with Gasteiger partial charge in [-0.3, -0.25) is 0 Å². The van der Waals surface area contributed by atoms with E-state index in [1.165, 1.54) is 157 Å². The molecule has 6 aromatic rings. The Hall–Kier alpha value is -3.58. The first-order valence-electron chi connectivity index (χ1n) is 19.1. The summed E-state index contributed by atoms with van der Waals surface area (Å²) in [5, 5.41) is 13.0. The molecule has 0 amide bonds. The van der Waals surface area contributed by atoms with Gasteiger partial charge in [-0.05, 0) is 97.6 Å². The Kier molecular flexibility index (Phi) is 12.1. The highest BCUT2D eigenvalue weighted by molar-refractivity contribution is 6.21. The maximum atomic E-state index is 6.73. The second-order valence-electron chi connectivity index (χ2n) is 14.2. The molecule has 0 aliphatic heterocycles. The minimum Gasteiger partial charge on any atom is -0.493 e. The number of unbranched alkanes of at least 4 members (excludes halogenated alkanes) is 12. The maximum Gasteiger partial charge on any atom is 0.127 e. The van der Waals surface area contributed by atoms with Crippen LogP contribution in [0.25, 0.3) is 53.9 Å². The molecule has 246 valence electrons. The van der Waals surface area contributed by atoms with Gasteiger partial charge in [-0.1, -0.05) is 164 Å². The molecule has 0 aliphatic carbocycles. The van der Waals surface area contributed by atoms with Crippen LogP contribution in [-0.2, 0) is 0 Å². The Morgan fingerprint density at radius 3 is 1.49 bits per heavy atom. The predicted molar refractivity (Wildman–Crippen MR) is 208 cm³/mol. The van der Waals surface area contributed by atoms with Crippen molar-refractivity contribution < 1.29 is 4.74 Å². The number of hydrogen-bond donors (Lipinski definition) is 0. The zero-order valence-electron chi connectivity index (χ0n) is 29.2.